The zero-order valence-corrected chi connectivity index (χ0v) is 25.1. The van der Waals surface area contributed by atoms with Crippen LogP contribution in [0.2, 0.25) is 0 Å². The van der Waals surface area contributed by atoms with E-state index < -0.39 is 20.7 Å². The van der Waals surface area contributed by atoms with Gasteiger partial charge in [0.25, 0.3) is 11.4 Å². The molecule has 12 nitrogen and oxygen atoms in total. The molecule has 0 radical (unpaired) electrons. The second kappa shape index (κ2) is 12.0. The van der Waals surface area contributed by atoms with Gasteiger partial charge in [0.2, 0.25) is 0 Å². The van der Waals surface area contributed by atoms with Gasteiger partial charge in [-0.2, -0.15) is 0 Å². The summed E-state index contributed by atoms with van der Waals surface area (Å²) in [5.41, 5.74) is 0.664. The van der Waals surface area contributed by atoms with E-state index in [4.69, 9.17) is 0 Å². The van der Waals surface area contributed by atoms with Crippen molar-refractivity contribution in [2.45, 2.75) is 52.4 Å². The van der Waals surface area contributed by atoms with Crippen LogP contribution in [-0.2, 0) is 10.8 Å². The van der Waals surface area contributed by atoms with Crippen molar-refractivity contribution in [3.63, 3.8) is 0 Å². The van der Waals surface area contributed by atoms with Crippen molar-refractivity contribution in [2.24, 2.45) is 20.5 Å². The number of nitro benzene ring substituents is 2. The lowest BCUT2D eigenvalue weighted by Gasteiger charge is -2.24. The Labute approximate surface area is 253 Å². The first-order chi connectivity index (χ1) is 20.6. The summed E-state index contributed by atoms with van der Waals surface area (Å²) >= 11 is 0. The van der Waals surface area contributed by atoms with Crippen LogP contribution in [0.3, 0.4) is 0 Å². The van der Waals surface area contributed by atoms with E-state index in [1.165, 1.54) is 36.4 Å². The van der Waals surface area contributed by atoms with E-state index in [-0.39, 0.29) is 56.8 Å². The molecule has 0 aromatic heterocycles. The summed E-state index contributed by atoms with van der Waals surface area (Å²) in [4.78, 5) is 21.8. The minimum atomic E-state index is -0.568. The van der Waals surface area contributed by atoms with Gasteiger partial charge in [-0.25, -0.2) is 0 Å². The summed E-state index contributed by atoms with van der Waals surface area (Å²) in [7, 11) is 0. The molecule has 4 aromatic rings. The van der Waals surface area contributed by atoms with Crippen LogP contribution in [0.25, 0.3) is 11.1 Å². The van der Waals surface area contributed by atoms with Crippen LogP contribution in [0.1, 0.15) is 52.7 Å². The van der Waals surface area contributed by atoms with Gasteiger partial charge >= 0.3 is 0 Å². The lowest BCUT2D eigenvalue weighted by molar-refractivity contribution is -0.384. The molecule has 4 rings (SSSR count). The Morgan fingerprint density at radius 1 is 0.545 bits per heavy atom. The molecule has 0 bridgehead atoms. The number of phenolic OH excluding ortho intramolecular Hbond substituents is 2. The maximum Gasteiger partial charge on any atom is 0.296 e. The Hall–Kier alpha value is -5.52. The van der Waals surface area contributed by atoms with Crippen molar-refractivity contribution in [1.29, 1.82) is 0 Å². The second-order valence-corrected chi connectivity index (χ2v) is 12.2. The molecule has 0 amide bonds. The smallest absolute Gasteiger partial charge is 0.296 e. The second-order valence-electron chi connectivity index (χ2n) is 12.2. The molecule has 0 saturated heterocycles. The van der Waals surface area contributed by atoms with Gasteiger partial charge in [-0.05, 0) is 58.4 Å². The number of azo groups is 2. The zero-order chi connectivity index (χ0) is 32.4. The Balaban J connectivity index is 1.95. The normalized spacial score (nSPS) is 12.2. The van der Waals surface area contributed by atoms with Gasteiger partial charge in [0.1, 0.15) is 11.4 Å². The van der Waals surface area contributed by atoms with Gasteiger partial charge in [-0.3, -0.25) is 20.2 Å². The van der Waals surface area contributed by atoms with Crippen LogP contribution < -0.4 is 0 Å². The first-order valence-corrected chi connectivity index (χ1v) is 13.6. The third-order valence-corrected chi connectivity index (χ3v) is 6.89. The van der Waals surface area contributed by atoms with Crippen LogP contribution >= 0.6 is 0 Å². The number of phenols is 2. The summed E-state index contributed by atoms with van der Waals surface area (Å²) in [5.74, 6) is -0.633. The Bertz CT molecular complexity index is 1690. The lowest BCUT2D eigenvalue weighted by atomic mass is 9.82. The maximum absolute atomic E-state index is 11.5. The highest BCUT2D eigenvalue weighted by molar-refractivity contribution is 5.85. The van der Waals surface area contributed by atoms with Crippen LogP contribution in [-0.4, -0.2) is 20.1 Å². The number of rotatable bonds is 7. The summed E-state index contributed by atoms with van der Waals surface area (Å²) < 4.78 is 0. The van der Waals surface area contributed by atoms with Gasteiger partial charge < -0.3 is 10.2 Å². The molecular weight excluding hydrogens is 564 g/mol. The fourth-order valence-corrected chi connectivity index (χ4v) is 4.29. The lowest BCUT2D eigenvalue weighted by Crippen LogP contribution is -2.12. The molecule has 0 aliphatic carbocycles. The molecule has 0 heterocycles. The van der Waals surface area contributed by atoms with Crippen molar-refractivity contribution in [3.05, 3.63) is 104 Å². The molecule has 0 aliphatic rings. The standard InChI is InChI=1S/C32H32N6O6/c1-31(2,3)19-15-21(29(39)25(17-19)35-33-23-11-7-9-13-27(23)37(41)42)22-16-20(32(4,5)6)18-26(30(22)40)36-34-24-12-8-10-14-28(24)38(43)44/h7-18,39-40H,1-6H3. The van der Waals surface area contributed by atoms with E-state index in [9.17, 15) is 30.4 Å². The van der Waals surface area contributed by atoms with Gasteiger partial charge in [-0.15, -0.1) is 20.5 Å². The number of hydrogen-bond donors (Lipinski definition) is 2. The molecule has 0 saturated carbocycles. The summed E-state index contributed by atoms with van der Waals surface area (Å²) in [6.45, 7) is 11.8. The van der Waals surface area contributed by atoms with E-state index in [1.54, 1.807) is 36.4 Å². The third kappa shape index (κ3) is 6.75. The molecule has 0 atom stereocenters. The van der Waals surface area contributed by atoms with Gasteiger partial charge in [0.05, 0.1) is 9.85 Å². The van der Waals surface area contributed by atoms with Crippen molar-refractivity contribution in [1.82, 2.24) is 0 Å². The van der Waals surface area contributed by atoms with E-state index in [1.807, 2.05) is 41.5 Å². The number of nitro groups is 2. The monoisotopic (exact) mass is 596 g/mol. The predicted octanol–water partition coefficient (Wildman–Crippen LogP) is 10.0. The number of benzene rings is 4. The summed E-state index contributed by atoms with van der Waals surface area (Å²) in [5, 5.41) is 62.4. The molecule has 0 aliphatic heterocycles. The van der Waals surface area contributed by atoms with Crippen molar-refractivity contribution < 1.29 is 20.1 Å². The van der Waals surface area contributed by atoms with Crippen LogP contribution in [0.4, 0.5) is 34.1 Å². The van der Waals surface area contributed by atoms with E-state index in [0.29, 0.717) is 0 Å². The highest BCUT2D eigenvalue weighted by atomic mass is 16.6. The fourth-order valence-electron chi connectivity index (χ4n) is 4.29. The fraction of sp³-hybridized carbons (Fsp3) is 0.250. The first-order valence-electron chi connectivity index (χ1n) is 13.6. The van der Waals surface area contributed by atoms with Crippen LogP contribution in [0.15, 0.2) is 93.3 Å². The number of para-hydroxylation sites is 2. The van der Waals surface area contributed by atoms with Gasteiger partial charge in [-0.1, -0.05) is 65.8 Å². The Kier molecular flexibility index (Phi) is 8.57. The van der Waals surface area contributed by atoms with Gasteiger partial charge in [0.15, 0.2) is 22.9 Å². The van der Waals surface area contributed by atoms with Crippen LogP contribution in [0.5, 0.6) is 11.5 Å². The Morgan fingerprint density at radius 3 is 1.18 bits per heavy atom. The minimum absolute atomic E-state index is 0.00916. The highest BCUT2D eigenvalue weighted by Gasteiger charge is 2.25. The quantitative estimate of drug-likeness (QED) is 0.122. The molecule has 226 valence electrons. The van der Waals surface area contributed by atoms with Crippen molar-refractivity contribution >= 4 is 34.1 Å². The van der Waals surface area contributed by atoms with Crippen LogP contribution in [0, 0.1) is 20.2 Å². The average Bonchev–Trinajstić information content (AvgIpc) is 2.95. The minimum Gasteiger partial charge on any atom is -0.505 e. The molecule has 0 spiro atoms. The molecule has 0 unspecified atom stereocenters. The molecule has 2 N–H and O–H groups in total. The number of aromatic hydroxyl groups is 2. The molecule has 4 aromatic carbocycles. The van der Waals surface area contributed by atoms with Gasteiger partial charge in [0, 0.05) is 23.3 Å². The predicted molar refractivity (Wildman–Crippen MR) is 167 cm³/mol. The highest BCUT2D eigenvalue weighted by Crippen LogP contribution is 2.49. The number of nitrogens with zero attached hydrogens (tertiary/aromatic N) is 6. The third-order valence-electron chi connectivity index (χ3n) is 6.89. The topological polar surface area (TPSA) is 176 Å². The average molecular weight is 597 g/mol. The van der Waals surface area contributed by atoms with Crippen molar-refractivity contribution in [3.8, 4) is 22.6 Å². The molecular formula is C32H32N6O6. The maximum atomic E-state index is 11.5. The van der Waals surface area contributed by atoms with E-state index in [0.717, 1.165) is 11.1 Å². The largest absolute Gasteiger partial charge is 0.505 e. The molecule has 12 heteroatoms. The van der Waals surface area contributed by atoms with Crippen molar-refractivity contribution in [2.75, 3.05) is 0 Å². The summed E-state index contributed by atoms with van der Waals surface area (Å²) in [6.07, 6.45) is 0. The molecule has 44 heavy (non-hydrogen) atoms. The first kappa shape index (κ1) is 31.4. The number of hydrogen-bond acceptors (Lipinski definition) is 10. The summed E-state index contributed by atoms with van der Waals surface area (Å²) in [6, 6.07) is 18.4. The molecule has 0 fully saturated rings. The Morgan fingerprint density at radius 2 is 0.864 bits per heavy atom. The van der Waals surface area contributed by atoms with E-state index in [2.05, 4.69) is 20.5 Å². The SMILES string of the molecule is CC(C)(C)c1cc(N=Nc2ccccc2[N+](=O)[O-])c(O)c(-c2cc(C(C)(C)C)cc(N=Nc3ccccc3[N+](=O)[O-])c2O)c1. The van der Waals surface area contributed by atoms with E-state index >= 15 is 0 Å². The zero-order valence-electron chi connectivity index (χ0n) is 25.1.